The molecule has 2 atom stereocenters. The maximum absolute atomic E-state index is 13.5. The Morgan fingerprint density at radius 3 is 2.71 bits per heavy atom. The molecule has 2 amide bonds. The van der Waals surface area contributed by atoms with Gasteiger partial charge in [0.15, 0.2) is 0 Å². The van der Waals surface area contributed by atoms with Crippen molar-refractivity contribution in [3.63, 3.8) is 0 Å². The fourth-order valence-electron chi connectivity index (χ4n) is 4.45. The number of nitrogens with zero attached hydrogens (tertiary/aromatic N) is 1. The Labute approximate surface area is 169 Å². The number of fused-ring (bicyclic) bond motifs is 1. The summed E-state index contributed by atoms with van der Waals surface area (Å²) in [5.74, 6) is -0.423. The summed E-state index contributed by atoms with van der Waals surface area (Å²) in [6.07, 6.45) is 4.41. The highest BCUT2D eigenvalue weighted by molar-refractivity contribution is 7.10. The minimum atomic E-state index is -0.412. The molecule has 6 heteroatoms. The van der Waals surface area contributed by atoms with Crippen LogP contribution in [0.4, 0.5) is 0 Å². The fourth-order valence-corrected chi connectivity index (χ4v) is 5.32. The number of hydrogen-bond acceptors (Lipinski definition) is 4. The molecule has 28 heavy (non-hydrogen) atoms. The van der Waals surface area contributed by atoms with Crippen LogP contribution in [-0.2, 0) is 9.53 Å². The number of methoxy groups -OCH3 is 1. The van der Waals surface area contributed by atoms with Crippen LogP contribution in [0.3, 0.4) is 0 Å². The molecule has 4 rings (SSSR count). The summed E-state index contributed by atoms with van der Waals surface area (Å²) in [6, 6.07) is 11.5. The second-order valence-electron chi connectivity index (χ2n) is 7.51. The van der Waals surface area contributed by atoms with E-state index < -0.39 is 5.92 Å². The molecule has 1 aliphatic carbocycles. The van der Waals surface area contributed by atoms with Crippen molar-refractivity contribution in [2.75, 3.05) is 20.3 Å². The largest absolute Gasteiger partial charge is 0.383 e. The van der Waals surface area contributed by atoms with Gasteiger partial charge in [-0.25, -0.2) is 0 Å². The zero-order chi connectivity index (χ0) is 19.5. The van der Waals surface area contributed by atoms with Gasteiger partial charge >= 0.3 is 0 Å². The minimum Gasteiger partial charge on any atom is -0.383 e. The molecule has 1 aromatic heterocycles. The molecule has 0 bridgehead atoms. The van der Waals surface area contributed by atoms with Crippen molar-refractivity contribution >= 4 is 23.2 Å². The van der Waals surface area contributed by atoms with Gasteiger partial charge in [0.1, 0.15) is 0 Å². The third-order valence-electron chi connectivity index (χ3n) is 5.79. The lowest BCUT2D eigenvalue weighted by Crippen LogP contribution is -2.49. The Kier molecular flexibility index (Phi) is 5.78. The summed E-state index contributed by atoms with van der Waals surface area (Å²) >= 11 is 1.59. The average molecular weight is 399 g/mol. The Bertz CT molecular complexity index is 830. The predicted molar refractivity (Wildman–Crippen MR) is 110 cm³/mol. The number of rotatable bonds is 6. The average Bonchev–Trinajstić information content (AvgIpc) is 3.41. The number of amides is 2. The van der Waals surface area contributed by atoms with E-state index >= 15 is 0 Å². The van der Waals surface area contributed by atoms with Crippen molar-refractivity contribution in [3.8, 4) is 0 Å². The first-order valence-electron chi connectivity index (χ1n) is 9.93. The molecule has 0 saturated heterocycles. The van der Waals surface area contributed by atoms with Crippen LogP contribution in [0.1, 0.15) is 58.4 Å². The number of ether oxygens (including phenoxy) is 1. The Hall–Kier alpha value is -2.18. The van der Waals surface area contributed by atoms with E-state index in [1.54, 1.807) is 18.4 Å². The lowest BCUT2D eigenvalue weighted by Gasteiger charge is -2.41. The van der Waals surface area contributed by atoms with E-state index in [9.17, 15) is 9.59 Å². The Morgan fingerprint density at radius 1 is 1.21 bits per heavy atom. The monoisotopic (exact) mass is 398 g/mol. The maximum atomic E-state index is 13.5. The van der Waals surface area contributed by atoms with E-state index in [1.807, 2.05) is 46.7 Å². The first-order chi connectivity index (χ1) is 13.7. The third kappa shape index (κ3) is 3.59. The fraction of sp³-hybridized carbons (Fsp3) is 0.455. The van der Waals surface area contributed by atoms with E-state index in [0.717, 1.165) is 23.3 Å². The highest BCUT2D eigenvalue weighted by atomic mass is 32.1. The van der Waals surface area contributed by atoms with Crippen molar-refractivity contribution in [3.05, 3.63) is 57.8 Å². The van der Waals surface area contributed by atoms with Crippen molar-refractivity contribution < 1.29 is 14.3 Å². The number of hydrogen-bond donors (Lipinski definition) is 1. The number of carbonyl (C=O) groups is 2. The molecule has 2 heterocycles. The number of thiophene rings is 1. The molecule has 1 aliphatic heterocycles. The van der Waals surface area contributed by atoms with Gasteiger partial charge in [0, 0.05) is 30.1 Å². The molecule has 2 aromatic rings. The summed E-state index contributed by atoms with van der Waals surface area (Å²) < 4.78 is 5.26. The van der Waals surface area contributed by atoms with Crippen LogP contribution in [-0.4, -0.2) is 43.0 Å². The van der Waals surface area contributed by atoms with Gasteiger partial charge in [-0.15, -0.1) is 11.3 Å². The van der Waals surface area contributed by atoms with Crippen molar-refractivity contribution in [2.24, 2.45) is 0 Å². The quantitative estimate of drug-likeness (QED) is 0.807. The molecule has 148 valence electrons. The highest BCUT2D eigenvalue weighted by Gasteiger charge is 2.44. The molecule has 1 saturated carbocycles. The lowest BCUT2D eigenvalue weighted by molar-refractivity contribution is -0.125. The van der Waals surface area contributed by atoms with Crippen molar-refractivity contribution in [2.45, 2.75) is 43.7 Å². The second-order valence-corrected chi connectivity index (χ2v) is 8.49. The van der Waals surface area contributed by atoms with E-state index in [0.29, 0.717) is 18.7 Å². The molecule has 0 unspecified atom stereocenters. The maximum Gasteiger partial charge on any atom is 0.254 e. The summed E-state index contributed by atoms with van der Waals surface area (Å²) in [4.78, 5) is 29.6. The summed E-state index contributed by atoms with van der Waals surface area (Å²) in [5.41, 5.74) is 1.45. The van der Waals surface area contributed by atoms with Gasteiger partial charge in [-0.05, 0) is 35.9 Å². The van der Waals surface area contributed by atoms with Crippen LogP contribution in [0.25, 0.3) is 0 Å². The first kappa shape index (κ1) is 19.2. The van der Waals surface area contributed by atoms with Crippen LogP contribution in [0.2, 0.25) is 0 Å². The van der Waals surface area contributed by atoms with Gasteiger partial charge in [-0.2, -0.15) is 0 Å². The van der Waals surface area contributed by atoms with Crippen LogP contribution in [0, 0.1) is 0 Å². The zero-order valence-electron chi connectivity index (χ0n) is 16.1. The number of carbonyl (C=O) groups excluding carboxylic acids is 2. The molecule has 0 spiro atoms. The van der Waals surface area contributed by atoms with Gasteiger partial charge in [0.05, 0.1) is 18.6 Å². The lowest BCUT2D eigenvalue weighted by atomic mass is 9.81. The Morgan fingerprint density at radius 2 is 2.00 bits per heavy atom. The molecule has 1 fully saturated rings. The highest BCUT2D eigenvalue weighted by Crippen LogP contribution is 2.44. The standard InChI is InChI=1S/C22H26N2O3S/c1-27-13-12-24-20(18-11-6-14-28-18)19(21(25)23-15-7-2-3-8-15)16-9-4-5-10-17(16)22(24)26/h4-6,9-11,14-15,19-20H,2-3,7-8,12-13H2,1H3,(H,23,25)/t19-,20+/m0/s1. The normalized spacial score (nSPS) is 22.3. The van der Waals surface area contributed by atoms with E-state index in [1.165, 1.54) is 12.8 Å². The number of nitrogens with one attached hydrogen (secondary N) is 1. The second kappa shape index (κ2) is 8.45. The van der Waals surface area contributed by atoms with E-state index in [-0.39, 0.29) is 23.9 Å². The number of benzene rings is 1. The summed E-state index contributed by atoms with van der Waals surface area (Å²) in [7, 11) is 1.63. The first-order valence-corrected chi connectivity index (χ1v) is 10.8. The van der Waals surface area contributed by atoms with Gasteiger partial charge in [-0.3, -0.25) is 9.59 Å². The molecule has 1 aromatic carbocycles. The topological polar surface area (TPSA) is 58.6 Å². The van der Waals surface area contributed by atoms with Crippen molar-refractivity contribution in [1.29, 1.82) is 0 Å². The van der Waals surface area contributed by atoms with Crippen LogP contribution >= 0.6 is 11.3 Å². The molecule has 1 N–H and O–H groups in total. The third-order valence-corrected chi connectivity index (χ3v) is 6.74. The Balaban J connectivity index is 1.76. The van der Waals surface area contributed by atoms with Crippen LogP contribution < -0.4 is 5.32 Å². The van der Waals surface area contributed by atoms with Gasteiger partial charge in [0.25, 0.3) is 5.91 Å². The zero-order valence-corrected chi connectivity index (χ0v) is 16.9. The predicted octanol–water partition coefficient (Wildman–Crippen LogP) is 3.73. The van der Waals surface area contributed by atoms with E-state index in [2.05, 4.69) is 5.32 Å². The minimum absolute atomic E-state index is 0.0210. The van der Waals surface area contributed by atoms with Gasteiger partial charge in [0.2, 0.25) is 5.91 Å². The molecule has 0 radical (unpaired) electrons. The SMILES string of the molecule is COCCN1C(=O)c2ccccc2[C@H](C(=O)NC2CCCC2)[C@H]1c1cccs1. The smallest absolute Gasteiger partial charge is 0.254 e. The summed E-state index contributed by atoms with van der Waals surface area (Å²) in [6.45, 7) is 0.895. The summed E-state index contributed by atoms with van der Waals surface area (Å²) in [5, 5.41) is 5.27. The molecular weight excluding hydrogens is 372 g/mol. The molecular formula is C22H26N2O3S. The van der Waals surface area contributed by atoms with Gasteiger partial charge < -0.3 is 15.0 Å². The van der Waals surface area contributed by atoms with E-state index in [4.69, 9.17) is 4.74 Å². The molecule has 2 aliphatic rings. The van der Waals surface area contributed by atoms with Crippen LogP contribution in [0.15, 0.2) is 41.8 Å². The molecule has 5 nitrogen and oxygen atoms in total. The van der Waals surface area contributed by atoms with Crippen LogP contribution in [0.5, 0.6) is 0 Å². The van der Waals surface area contributed by atoms with Crippen molar-refractivity contribution in [1.82, 2.24) is 10.2 Å². The van der Waals surface area contributed by atoms with Gasteiger partial charge in [-0.1, -0.05) is 37.1 Å².